The Morgan fingerprint density at radius 1 is 0.862 bits per heavy atom. The van der Waals surface area contributed by atoms with Gasteiger partial charge >= 0.3 is 0 Å². The lowest BCUT2D eigenvalue weighted by Gasteiger charge is -2.13. The van der Waals surface area contributed by atoms with Crippen LogP contribution in [0.3, 0.4) is 0 Å². The summed E-state index contributed by atoms with van der Waals surface area (Å²) in [5.41, 5.74) is 1.98. The molecule has 2 aromatic carbocycles. The van der Waals surface area contributed by atoms with Crippen molar-refractivity contribution >= 4 is 54.6 Å². The predicted octanol–water partition coefficient (Wildman–Crippen LogP) is 2.83. The van der Waals surface area contributed by atoms with E-state index < -0.39 is 26.0 Å². The maximum Gasteiger partial charge on any atom is 0.271 e. The number of hydrogen-bond donors (Lipinski definition) is 3. The summed E-state index contributed by atoms with van der Waals surface area (Å²) in [7, 11) is -8.01. The maximum atomic E-state index is 12.5. The molecule has 3 rings (SSSR count). The number of carbonyl (C=O) groups excluding carboxylic acids is 1. The molecule has 12 heteroatoms. The summed E-state index contributed by atoms with van der Waals surface area (Å²) < 4.78 is 51.9. The Morgan fingerprint density at radius 2 is 1.55 bits per heavy atom. The fraction of sp³-hybridized carbons (Fsp3) is 0. The van der Waals surface area contributed by atoms with E-state index in [2.05, 4.69) is 10.1 Å². The Hall–Kier alpha value is -2.44. The van der Waals surface area contributed by atoms with Gasteiger partial charge in [-0.25, -0.2) is 16.8 Å². The van der Waals surface area contributed by atoms with E-state index in [-0.39, 0.29) is 25.4 Å². The molecule has 0 radical (unpaired) electrons. The fourth-order valence-corrected chi connectivity index (χ4v) is 5.71. The van der Waals surface area contributed by atoms with Crippen LogP contribution in [0.5, 0.6) is 0 Å². The summed E-state index contributed by atoms with van der Waals surface area (Å²) in [6.07, 6.45) is 0. The molecule has 152 valence electrons. The number of hydrogen-bond acceptors (Lipinski definition) is 6. The minimum atomic E-state index is -4.13. The average Bonchev–Trinajstić information content (AvgIpc) is 3.22. The normalized spacial score (nSPS) is 11.8. The number of hydrazine groups is 1. The van der Waals surface area contributed by atoms with Gasteiger partial charge in [0.1, 0.15) is 9.10 Å². The number of sulfonamides is 2. The third-order valence-corrected chi connectivity index (χ3v) is 8.11. The number of halogens is 1. The Bertz CT molecular complexity index is 1240. The van der Waals surface area contributed by atoms with Gasteiger partial charge in [-0.3, -0.25) is 14.9 Å². The molecule has 0 atom stereocenters. The molecule has 1 amide bonds. The first-order valence-electron chi connectivity index (χ1n) is 7.93. The van der Waals surface area contributed by atoms with Gasteiger partial charge in [-0.1, -0.05) is 41.9 Å². The summed E-state index contributed by atoms with van der Waals surface area (Å²) >= 11 is 6.90. The first-order chi connectivity index (χ1) is 13.7. The van der Waals surface area contributed by atoms with Crippen molar-refractivity contribution in [1.82, 2.24) is 10.3 Å². The summed E-state index contributed by atoms with van der Waals surface area (Å²) in [6, 6.07) is 14.5. The van der Waals surface area contributed by atoms with E-state index >= 15 is 0 Å². The number of benzene rings is 2. The summed E-state index contributed by atoms with van der Waals surface area (Å²) in [4.78, 5) is 14.2. The minimum Gasteiger partial charge on any atom is -0.278 e. The quantitative estimate of drug-likeness (QED) is 0.457. The van der Waals surface area contributed by atoms with Crippen LogP contribution in [0.2, 0.25) is 5.02 Å². The lowest BCUT2D eigenvalue weighted by Crippen LogP contribution is -2.41. The minimum absolute atomic E-state index is 0.00431. The van der Waals surface area contributed by atoms with Crippen LogP contribution < -0.4 is 15.0 Å². The number of amides is 1. The van der Waals surface area contributed by atoms with Gasteiger partial charge in [0.25, 0.3) is 26.0 Å². The van der Waals surface area contributed by atoms with E-state index in [1.54, 1.807) is 17.5 Å². The number of rotatable bonds is 7. The third-order valence-electron chi connectivity index (χ3n) is 3.60. The van der Waals surface area contributed by atoms with Gasteiger partial charge in [-0.2, -0.15) is 0 Å². The molecule has 0 bridgehead atoms. The molecule has 0 saturated carbocycles. The Kier molecular flexibility index (Phi) is 6.24. The fourth-order valence-electron chi connectivity index (χ4n) is 2.28. The molecule has 0 spiro atoms. The zero-order chi connectivity index (χ0) is 21.1. The zero-order valence-electron chi connectivity index (χ0n) is 14.5. The van der Waals surface area contributed by atoms with Crippen LogP contribution in [0.1, 0.15) is 10.4 Å². The standard InChI is InChI=1S/C17H14ClN3O5S3/c18-13-7-2-4-9-15(13)28(23,24)21-19-17(22)12-6-1-3-8-14(12)20-29(25,26)16-10-5-11-27-16/h1-11,20-21H,(H,19,22). The van der Waals surface area contributed by atoms with Crippen LogP contribution in [0, 0.1) is 0 Å². The molecule has 1 aromatic heterocycles. The molecular formula is C17H14ClN3O5S3. The van der Waals surface area contributed by atoms with Crippen molar-refractivity contribution in [3.63, 3.8) is 0 Å². The highest BCUT2D eigenvalue weighted by Crippen LogP contribution is 2.23. The van der Waals surface area contributed by atoms with E-state index in [9.17, 15) is 21.6 Å². The first-order valence-corrected chi connectivity index (χ1v) is 12.2. The molecule has 8 nitrogen and oxygen atoms in total. The van der Waals surface area contributed by atoms with Crippen LogP contribution in [0.15, 0.2) is 75.1 Å². The van der Waals surface area contributed by atoms with Crippen molar-refractivity contribution in [1.29, 1.82) is 0 Å². The lowest BCUT2D eigenvalue weighted by molar-refractivity contribution is 0.0946. The molecule has 0 saturated heterocycles. The van der Waals surface area contributed by atoms with Crippen molar-refractivity contribution in [2.75, 3.05) is 4.72 Å². The van der Waals surface area contributed by atoms with E-state index in [4.69, 9.17) is 11.6 Å². The number of nitrogens with one attached hydrogen (secondary N) is 3. The number of anilines is 1. The van der Waals surface area contributed by atoms with Gasteiger partial charge in [0, 0.05) is 0 Å². The summed E-state index contributed by atoms with van der Waals surface area (Å²) in [6.45, 7) is 0. The van der Waals surface area contributed by atoms with Gasteiger partial charge in [0.15, 0.2) is 0 Å². The van der Waals surface area contributed by atoms with Gasteiger partial charge < -0.3 is 0 Å². The van der Waals surface area contributed by atoms with E-state index in [1.807, 2.05) is 4.83 Å². The van der Waals surface area contributed by atoms with E-state index in [0.717, 1.165) is 11.3 Å². The Labute approximate surface area is 176 Å². The second kappa shape index (κ2) is 8.51. The summed E-state index contributed by atoms with van der Waals surface area (Å²) in [5.74, 6) is -0.856. The van der Waals surface area contributed by atoms with Gasteiger partial charge in [0.05, 0.1) is 16.3 Å². The van der Waals surface area contributed by atoms with Crippen LogP contribution in [-0.4, -0.2) is 22.7 Å². The highest BCUT2D eigenvalue weighted by molar-refractivity contribution is 7.94. The van der Waals surface area contributed by atoms with Crippen LogP contribution in [0.4, 0.5) is 5.69 Å². The zero-order valence-corrected chi connectivity index (χ0v) is 17.7. The molecule has 0 aliphatic heterocycles. The smallest absolute Gasteiger partial charge is 0.271 e. The molecule has 0 unspecified atom stereocenters. The van der Waals surface area contributed by atoms with E-state index in [0.29, 0.717) is 0 Å². The highest BCUT2D eigenvalue weighted by atomic mass is 35.5. The first kappa shape index (κ1) is 21.3. The van der Waals surface area contributed by atoms with Crippen LogP contribution >= 0.6 is 22.9 Å². The van der Waals surface area contributed by atoms with Gasteiger partial charge in [0.2, 0.25) is 0 Å². The number of thiophene rings is 1. The largest absolute Gasteiger partial charge is 0.278 e. The maximum absolute atomic E-state index is 12.5. The molecule has 0 aliphatic rings. The molecule has 0 aliphatic carbocycles. The second-order valence-electron chi connectivity index (χ2n) is 5.57. The molecule has 3 N–H and O–H groups in total. The van der Waals surface area contributed by atoms with E-state index in [1.165, 1.54) is 48.5 Å². The van der Waals surface area contributed by atoms with Crippen molar-refractivity contribution < 1.29 is 21.6 Å². The van der Waals surface area contributed by atoms with Gasteiger partial charge in [-0.15, -0.1) is 16.2 Å². The monoisotopic (exact) mass is 471 g/mol. The second-order valence-corrected chi connectivity index (χ2v) is 10.5. The van der Waals surface area contributed by atoms with Crippen molar-refractivity contribution in [3.8, 4) is 0 Å². The third kappa shape index (κ3) is 4.95. The number of para-hydroxylation sites is 1. The molecule has 3 aromatic rings. The molecular weight excluding hydrogens is 458 g/mol. The van der Waals surface area contributed by atoms with Crippen molar-refractivity contribution in [3.05, 3.63) is 76.6 Å². The van der Waals surface area contributed by atoms with Crippen molar-refractivity contribution in [2.45, 2.75) is 9.10 Å². The Balaban J connectivity index is 1.80. The SMILES string of the molecule is O=C(NNS(=O)(=O)c1ccccc1Cl)c1ccccc1NS(=O)(=O)c1cccs1. The Morgan fingerprint density at radius 3 is 2.24 bits per heavy atom. The lowest BCUT2D eigenvalue weighted by atomic mass is 10.2. The number of carbonyl (C=O) groups is 1. The highest BCUT2D eigenvalue weighted by Gasteiger charge is 2.22. The molecule has 0 fully saturated rings. The van der Waals surface area contributed by atoms with Crippen molar-refractivity contribution in [2.24, 2.45) is 0 Å². The van der Waals surface area contributed by atoms with Crippen LogP contribution in [0.25, 0.3) is 0 Å². The predicted molar refractivity (Wildman–Crippen MR) is 111 cm³/mol. The van der Waals surface area contributed by atoms with Gasteiger partial charge in [-0.05, 0) is 35.7 Å². The van der Waals surface area contributed by atoms with Crippen LogP contribution in [-0.2, 0) is 20.0 Å². The topological polar surface area (TPSA) is 121 Å². The molecule has 29 heavy (non-hydrogen) atoms. The molecule has 1 heterocycles. The average molecular weight is 472 g/mol. The summed E-state index contributed by atoms with van der Waals surface area (Å²) in [5, 5.41) is 1.59.